The molecule has 0 fully saturated rings. The van der Waals surface area contributed by atoms with E-state index in [1.54, 1.807) is 0 Å². The number of aliphatic hydroxyl groups is 4. The fraction of sp³-hybridized carbons (Fsp3) is 0.750. The molecule has 0 aromatic carbocycles. The van der Waals surface area contributed by atoms with E-state index in [4.69, 9.17) is 10.2 Å². The maximum absolute atomic E-state index is 10.6. The molecule has 0 aromatic heterocycles. The first-order valence-electron chi connectivity index (χ1n) is 4.31. The van der Waals surface area contributed by atoms with Crippen LogP contribution in [0.2, 0.25) is 0 Å². The van der Waals surface area contributed by atoms with E-state index in [0.717, 1.165) is 0 Å². The molecule has 0 aromatic rings. The molecule has 0 saturated heterocycles. The zero-order chi connectivity index (χ0) is 12.0. The molecular weight excluding hydrogens is 222 g/mol. The number of nitrogens with one attached hydrogen (secondary N) is 1. The number of aldehydes is 1. The van der Waals surface area contributed by atoms with E-state index in [9.17, 15) is 15.0 Å². The molecule has 15 heavy (non-hydrogen) atoms. The molecule has 7 heteroatoms. The van der Waals surface area contributed by atoms with Gasteiger partial charge in [-0.05, 0) is 6.92 Å². The smallest absolute Gasteiger partial charge is 0.144 e. The molecule has 0 radical (unpaired) electrons. The number of carbonyl (C=O) groups excluding carboxylic acids is 1. The summed E-state index contributed by atoms with van der Waals surface area (Å²) in [5, 5.41) is 38.8. The predicted octanol–water partition coefficient (Wildman–Crippen LogP) is -2.43. The van der Waals surface area contributed by atoms with Crippen LogP contribution in [0.5, 0.6) is 0 Å². The molecule has 88 valence electrons. The van der Waals surface area contributed by atoms with Crippen molar-refractivity contribution in [3.63, 3.8) is 0 Å². The van der Waals surface area contributed by atoms with Crippen LogP contribution in [0.25, 0.3) is 0 Å². The van der Waals surface area contributed by atoms with E-state index in [-0.39, 0.29) is 4.99 Å². The summed E-state index contributed by atoms with van der Waals surface area (Å²) in [6.07, 6.45) is -4.29. The van der Waals surface area contributed by atoms with Crippen molar-refractivity contribution in [1.82, 2.24) is 5.32 Å². The normalized spacial score (nSPS) is 18.7. The van der Waals surface area contributed by atoms with Crippen LogP contribution in [0.15, 0.2) is 0 Å². The summed E-state index contributed by atoms with van der Waals surface area (Å²) in [7, 11) is 0. The van der Waals surface area contributed by atoms with Gasteiger partial charge in [-0.25, -0.2) is 0 Å². The summed E-state index contributed by atoms with van der Waals surface area (Å²) in [5.74, 6) is 0. The SMILES string of the molecule is CC(=S)NC(C=O)C(O)C(O)C(O)CO. The minimum Gasteiger partial charge on any atom is -0.394 e. The second-order valence-electron chi connectivity index (χ2n) is 3.09. The molecule has 0 aliphatic rings. The van der Waals surface area contributed by atoms with E-state index in [1.165, 1.54) is 6.92 Å². The lowest BCUT2D eigenvalue weighted by atomic mass is 10.0. The molecule has 5 N–H and O–H groups in total. The van der Waals surface area contributed by atoms with E-state index < -0.39 is 31.0 Å². The molecule has 0 spiro atoms. The van der Waals surface area contributed by atoms with Crippen LogP contribution in [0.4, 0.5) is 0 Å². The van der Waals surface area contributed by atoms with Gasteiger partial charge in [-0.1, -0.05) is 12.2 Å². The Bertz CT molecular complexity index is 225. The Morgan fingerprint density at radius 3 is 2.27 bits per heavy atom. The van der Waals surface area contributed by atoms with Gasteiger partial charge in [0.2, 0.25) is 0 Å². The van der Waals surface area contributed by atoms with Crippen molar-refractivity contribution in [3.8, 4) is 0 Å². The van der Waals surface area contributed by atoms with Crippen LogP contribution < -0.4 is 5.32 Å². The van der Waals surface area contributed by atoms with Crippen LogP contribution in [-0.2, 0) is 4.79 Å². The average Bonchev–Trinajstić information content (AvgIpc) is 2.22. The molecule has 4 atom stereocenters. The van der Waals surface area contributed by atoms with Crippen LogP contribution in [0, 0.1) is 0 Å². The minimum absolute atomic E-state index is 0.275. The summed E-state index contributed by atoms with van der Waals surface area (Å²) in [6.45, 7) is 0.799. The van der Waals surface area contributed by atoms with E-state index in [0.29, 0.717) is 6.29 Å². The second kappa shape index (κ2) is 6.81. The molecule has 0 amide bonds. The maximum atomic E-state index is 10.6. The van der Waals surface area contributed by atoms with Crippen molar-refractivity contribution in [1.29, 1.82) is 0 Å². The quantitative estimate of drug-likeness (QED) is 0.258. The van der Waals surface area contributed by atoms with E-state index in [2.05, 4.69) is 17.5 Å². The lowest BCUT2D eigenvalue weighted by molar-refractivity contribution is -0.119. The predicted molar refractivity (Wildman–Crippen MR) is 56.4 cm³/mol. The van der Waals surface area contributed by atoms with Crippen molar-refractivity contribution in [2.24, 2.45) is 0 Å². The van der Waals surface area contributed by atoms with Crippen molar-refractivity contribution >= 4 is 23.5 Å². The summed E-state index contributed by atoms with van der Waals surface area (Å²) in [6, 6.07) is -1.11. The Labute approximate surface area is 92.5 Å². The maximum Gasteiger partial charge on any atom is 0.144 e. The fourth-order valence-corrected chi connectivity index (χ4v) is 1.12. The Kier molecular flexibility index (Phi) is 6.53. The Morgan fingerprint density at radius 2 is 1.93 bits per heavy atom. The van der Waals surface area contributed by atoms with Gasteiger partial charge in [0, 0.05) is 0 Å². The minimum atomic E-state index is -1.62. The molecular formula is C8H15NO5S. The summed E-state index contributed by atoms with van der Waals surface area (Å²) in [4.78, 5) is 10.8. The molecule has 4 unspecified atom stereocenters. The summed E-state index contributed by atoms with van der Waals surface area (Å²) in [5.41, 5.74) is 0. The van der Waals surface area contributed by atoms with Crippen molar-refractivity contribution in [3.05, 3.63) is 0 Å². The van der Waals surface area contributed by atoms with Gasteiger partial charge in [-0.15, -0.1) is 0 Å². The van der Waals surface area contributed by atoms with Gasteiger partial charge in [0.15, 0.2) is 0 Å². The van der Waals surface area contributed by atoms with Crippen molar-refractivity contribution in [2.75, 3.05) is 6.61 Å². The fourth-order valence-electron chi connectivity index (χ4n) is 0.983. The van der Waals surface area contributed by atoms with E-state index in [1.807, 2.05) is 0 Å². The summed E-state index contributed by atoms with van der Waals surface area (Å²) < 4.78 is 0. The molecule has 6 nitrogen and oxygen atoms in total. The number of thiocarbonyl (C=S) groups is 1. The van der Waals surface area contributed by atoms with Crippen LogP contribution >= 0.6 is 12.2 Å². The molecule has 0 aliphatic carbocycles. The largest absolute Gasteiger partial charge is 0.394 e. The Balaban J connectivity index is 4.42. The van der Waals surface area contributed by atoms with Gasteiger partial charge >= 0.3 is 0 Å². The molecule has 0 rings (SSSR count). The van der Waals surface area contributed by atoms with Crippen LogP contribution in [0.3, 0.4) is 0 Å². The number of carbonyl (C=O) groups is 1. The third-order valence-electron chi connectivity index (χ3n) is 1.82. The van der Waals surface area contributed by atoms with Gasteiger partial charge in [-0.2, -0.15) is 0 Å². The highest BCUT2D eigenvalue weighted by Crippen LogP contribution is 2.03. The number of hydrogen-bond donors (Lipinski definition) is 5. The first-order chi connectivity index (χ1) is 6.93. The van der Waals surface area contributed by atoms with Crippen LogP contribution in [0.1, 0.15) is 6.92 Å². The van der Waals surface area contributed by atoms with Gasteiger partial charge in [0.1, 0.15) is 30.6 Å². The molecule has 0 saturated carbocycles. The first kappa shape index (κ1) is 14.4. The highest BCUT2D eigenvalue weighted by molar-refractivity contribution is 7.80. The number of hydrogen-bond acceptors (Lipinski definition) is 6. The third-order valence-corrected chi connectivity index (χ3v) is 1.93. The lowest BCUT2D eigenvalue weighted by Gasteiger charge is -2.26. The highest BCUT2D eigenvalue weighted by Gasteiger charge is 2.30. The Hall–Kier alpha value is -0.600. The van der Waals surface area contributed by atoms with Crippen LogP contribution in [-0.4, -0.2) is 62.7 Å². The Morgan fingerprint density at radius 1 is 1.40 bits per heavy atom. The number of rotatable bonds is 6. The van der Waals surface area contributed by atoms with Gasteiger partial charge in [0.25, 0.3) is 0 Å². The average molecular weight is 237 g/mol. The van der Waals surface area contributed by atoms with Gasteiger partial charge in [0.05, 0.1) is 11.6 Å². The topological polar surface area (TPSA) is 110 Å². The third kappa shape index (κ3) is 4.63. The monoisotopic (exact) mass is 237 g/mol. The molecule has 0 heterocycles. The lowest BCUT2D eigenvalue weighted by Crippen LogP contribution is -2.52. The molecule has 0 bridgehead atoms. The highest BCUT2D eigenvalue weighted by atomic mass is 32.1. The number of aliphatic hydroxyl groups excluding tert-OH is 4. The second-order valence-corrected chi connectivity index (χ2v) is 3.71. The molecule has 0 aliphatic heterocycles. The zero-order valence-corrected chi connectivity index (χ0v) is 9.02. The van der Waals surface area contributed by atoms with Gasteiger partial charge < -0.3 is 30.5 Å². The standard InChI is InChI=1S/C8H15NO5S/c1-4(15)9-5(2-10)7(13)8(14)6(12)3-11/h2,5-8,11-14H,3H2,1H3,(H,9,15). The zero-order valence-electron chi connectivity index (χ0n) is 8.20. The first-order valence-corrected chi connectivity index (χ1v) is 4.72. The van der Waals surface area contributed by atoms with Crippen molar-refractivity contribution in [2.45, 2.75) is 31.3 Å². The van der Waals surface area contributed by atoms with E-state index >= 15 is 0 Å². The summed E-state index contributed by atoms with van der Waals surface area (Å²) >= 11 is 4.66. The van der Waals surface area contributed by atoms with Gasteiger partial charge in [-0.3, -0.25) is 0 Å². The van der Waals surface area contributed by atoms with Crippen molar-refractivity contribution < 1.29 is 25.2 Å².